The Labute approximate surface area is 135 Å². The van der Waals surface area contributed by atoms with Gasteiger partial charge in [0.15, 0.2) is 0 Å². The summed E-state index contributed by atoms with van der Waals surface area (Å²) in [6.45, 7) is 2.42. The van der Waals surface area contributed by atoms with Gasteiger partial charge in [0.05, 0.1) is 29.2 Å². The first-order valence-electron chi connectivity index (χ1n) is 7.22. The quantitative estimate of drug-likeness (QED) is 0.828. The lowest BCUT2D eigenvalue weighted by Gasteiger charge is -2.16. The Hall–Kier alpha value is -1.95. The van der Waals surface area contributed by atoms with E-state index >= 15 is 0 Å². The molecule has 1 amide bonds. The molecule has 23 heavy (non-hydrogen) atoms. The Kier molecular flexibility index (Phi) is 5.71. The molecule has 7 nitrogen and oxygen atoms in total. The maximum absolute atomic E-state index is 12.1. The van der Waals surface area contributed by atoms with Crippen LogP contribution in [0.4, 0.5) is 0 Å². The minimum Gasteiger partial charge on any atom is -0.376 e. The molecule has 1 aliphatic rings. The smallest absolute Gasteiger partial charge is 0.264 e. The van der Waals surface area contributed by atoms with Gasteiger partial charge in [-0.05, 0) is 44.0 Å². The van der Waals surface area contributed by atoms with Crippen LogP contribution in [0.2, 0.25) is 0 Å². The predicted molar refractivity (Wildman–Crippen MR) is 80.9 cm³/mol. The first kappa shape index (κ1) is 17.4. The molecule has 1 aromatic carbocycles. The maximum Gasteiger partial charge on any atom is 0.264 e. The second-order valence-electron chi connectivity index (χ2n) is 5.22. The van der Waals surface area contributed by atoms with Crippen LogP contribution in [0, 0.1) is 11.3 Å². The minimum atomic E-state index is -3.99. The number of carbonyl (C=O) groups excluding carboxylic acids is 1. The molecule has 2 rings (SSSR count). The molecule has 1 saturated heterocycles. The van der Waals surface area contributed by atoms with Gasteiger partial charge in [-0.2, -0.15) is 5.26 Å². The molecule has 0 spiro atoms. The van der Waals surface area contributed by atoms with Crippen LogP contribution < -0.4 is 4.72 Å². The zero-order chi connectivity index (χ0) is 16.9. The topological polar surface area (TPSA) is 105 Å². The van der Waals surface area contributed by atoms with Crippen LogP contribution in [-0.4, -0.2) is 39.7 Å². The van der Waals surface area contributed by atoms with Crippen molar-refractivity contribution in [2.24, 2.45) is 0 Å². The highest BCUT2D eigenvalue weighted by molar-refractivity contribution is 7.90. The highest BCUT2D eigenvalue weighted by Crippen LogP contribution is 2.13. The molecule has 0 saturated carbocycles. The average Bonchev–Trinajstić information content (AvgIpc) is 3.05. The third kappa shape index (κ3) is 4.76. The number of rotatable bonds is 6. The standard InChI is InChI=1S/C15H18N2O5S/c1-11(22-10-13-3-2-8-21-13)15(18)17-23(19,20)14-6-4-12(9-16)5-7-14/h4-7,11,13H,2-3,8,10H2,1H3,(H,17,18)/t11-,13-/m0/s1. The summed E-state index contributed by atoms with van der Waals surface area (Å²) in [7, 11) is -3.99. The largest absolute Gasteiger partial charge is 0.376 e. The van der Waals surface area contributed by atoms with Crippen LogP contribution >= 0.6 is 0 Å². The van der Waals surface area contributed by atoms with Gasteiger partial charge in [-0.1, -0.05) is 0 Å². The summed E-state index contributed by atoms with van der Waals surface area (Å²) in [6.07, 6.45) is 0.882. The van der Waals surface area contributed by atoms with Crippen LogP contribution in [0.3, 0.4) is 0 Å². The molecule has 0 unspecified atom stereocenters. The number of benzene rings is 1. The molecule has 0 radical (unpaired) electrons. The molecule has 1 fully saturated rings. The van der Waals surface area contributed by atoms with Crippen molar-refractivity contribution >= 4 is 15.9 Å². The molecule has 2 atom stereocenters. The van der Waals surface area contributed by atoms with Gasteiger partial charge in [-0.15, -0.1) is 0 Å². The van der Waals surface area contributed by atoms with Crippen molar-refractivity contribution in [1.29, 1.82) is 5.26 Å². The number of hydrogen-bond donors (Lipinski definition) is 1. The highest BCUT2D eigenvalue weighted by Gasteiger charge is 2.24. The molecule has 1 aromatic rings. The first-order valence-corrected chi connectivity index (χ1v) is 8.71. The summed E-state index contributed by atoms with van der Waals surface area (Å²) in [5.74, 6) is -0.743. The van der Waals surface area contributed by atoms with Crippen LogP contribution in [0.15, 0.2) is 29.2 Å². The van der Waals surface area contributed by atoms with E-state index in [0.29, 0.717) is 12.2 Å². The fraction of sp³-hybridized carbons (Fsp3) is 0.467. The van der Waals surface area contributed by atoms with Gasteiger partial charge in [0.25, 0.3) is 15.9 Å². The lowest BCUT2D eigenvalue weighted by Crippen LogP contribution is -2.39. The molecule has 1 N–H and O–H groups in total. The Bertz CT molecular complexity index is 688. The fourth-order valence-electron chi connectivity index (χ4n) is 2.09. The molecule has 0 aromatic heterocycles. The Morgan fingerprint density at radius 3 is 2.74 bits per heavy atom. The molecular weight excluding hydrogens is 320 g/mol. The van der Waals surface area contributed by atoms with Gasteiger partial charge in [-0.3, -0.25) is 4.79 Å². The van der Waals surface area contributed by atoms with Crippen molar-refractivity contribution in [3.63, 3.8) is 0 Å². The Balaban J connectivity index is 1.92. The van der Waals surface area contributed by atoms with E-state index in [2.05, 4.69) is 0 Å². The SMILES string of the molecule is C[C@H](OC[C@@H]1CCCO1)C(=O)NS(=O)(=O)c1ccc(C#N)cc1. The maximum atomic E-state index is 12.1. The van der Waals surface area contributed by atoms with Crippen molar-refractivity contribution in [2.45, 2.75) is 36.9 Å². The van der Waals surface area contributed by atoms with Crippen molar-refractivity contribution in [3.05, 3.63) is 29.8 Å². The summed E-state index contributed by atoms with van der Waals surface area (Å²) in [5.41, 5.74) is 0.337. The van der Waals surface area contributed by atoms with E-state index in [-0.39, 0.29) is 17.6 Å². The normalized spacial score (nSPS) is 19.0. The summed E-state index contributed by atoms with van der Waals surface area (Å²) in [5, 5.41) is 8.70. The van der Waals surface area contributed by atoms with Gasteiger partial charge in [-0.25, -0.2) is 13.1 Å². The molecule has 1 aliphatic heterocycles. The van der Waals surface area contributed by atoms with Crippen LogP contribution in [0.1, 0.15) is 25.3 Å². The minimum absolute atomic E-state index is 0.0413. The summed E-state index contributed by atoms with van der Waals surface area (Å²) in [4.78, 5) is 11.9. The molecule has 124 valence electrons. The van der Waals surface area contributed by atoms with Gasteiger partial charge < -0.3 is 9.47 Å². The number of hydrogen-bond acceptors (Lipinski definition) is 6. The summed E-state index contributed by atoms with van der Waals surface area (Å²) < 4.78 is 36.9. The number of nitrogens with one attached hydrogen (secondary N) is 1. The Morgan fingerprint density at radius 1 is 1.48 bits per heavy atom. The van der Waals surface area contributed by atoms with Gasteiger partial charge in [0.1, 0.15) is 6.10 Å². The number of nitrogens with zero attached hydrogens (tertiary/aromatic N) is 1. The molecule has 8 heteroatoms. The lowest BCUT2D eigenvalue weighted by molar-refractivity contribution is -0.131. The van der Waals surface area contributed by atoms with Gasteiger partial charge >= 0.3 is 0 Å². The molecule has 0 bridgehead atoms. The van der Waals surface area contributed by atoms with E-state index in [9.17, 15) is 13.2 Å². The zero-order valence-electron chi connectivity index (χ0n) is 12.7. The Morgan fingerprint density at radius 2 is 2.17 bits per heavy atom. The zero-order valence-corrected chi connectivity index (χ0v) is 13.5. The van der Waals surface area contributed by atoms with Crippen molar-refractivity contribution in [1.82, 2.24) is 4.72 Å². The molecular formula is C15H18N2O5S. The molecule has 0 aliphatic carbocycles. The van der Waals surface area contributed by atoms with Crippen molar-refractivity contribution in [3.8, 4) is 6.07 Å². The fourth-order valence-corrected chi connectivity index (χ4v) is 3.13. The lowest BCUT2D eigenvalue weighted by atomic mass is 10.2. The van der Waals surface area contributed by atoms with E-state index in [1.165, 1.54) is 31.2 Å². The summed E-state index contributed by atoms with van der Waals surface area (Å²) >= 11 is 0. The van der Waals surface area contributed by atoms with Crippen LogP contribution in [0.5, 0.6) is 0 Å². The van der Waals surface area contributed by atoms with E-state index in [1.807, 2.05) is 10.8 Å². The second-order valence-corrected chi connectivity index (χ2v) is 6.90. The average molecular weight is 338 g/mol. The first-order chi connectivity index (χ1) is 10.9. The van der Waals surface area contributed by atoms with Gasteiger partial charge in [0, 0.05) is 6.61 Å². The van der Waals surface area contributed by atoms with Gasteiger partial charge in [0.2, 0.25) is 0 Å². The number of amides is 1. The van der Waals surface area contributed by atoms with E-state index in [4.69, 9.17) is 14.7 Å². The number of carbonyl (C=O) groups is 1. The number of ether oxygens (including phenoxy) is 2. The van der Waals surface area contributed by atoms with E-state index < -0.39 is 22.0 Å². The second kappa shape index (κ2) is 7.55. The number of sulfonamides is 1. The monoisotopic (exact) mass is 338 g/mol. The van der Waals surface area contributed by atoms with E-state index in [1.54, 1.807) is 0 Å². The van der Waals surface area contributed by atoms with Crippen LogP contribution in [0.25, 0.3) is 0 Å². The number of nitriles is 1. The molecule has 1 heterocycles. The highest BCUT2D eigenvalue weighted by atomic mass is 32.2. The third-order valence-electron chi connectivity index (χ3n) is 3.45. The van der Waals surface area contributed by atoms with E-state index in [0.717, 1.165) is 12.8 Å². The van der Waals surface area contributed by atoms with Crippen LogP contribution in [-0.2, 0) is 24.3 Å². The summed E-state index contributed by atoms with van der Waals surface area (Å²) in [6, 6.07) is 7.18. The third-order valence-corrected chi connectivity index (χ3v) is 4.82. The predicted octanol–water partition coefficient (Wildman–Crippen LogP) is 0.947. The van der Waals surface area contributed by atoms with Crippen molar-refractivity contribution < 1.29 is 22.7 Å². The van der Waals surface area contributed by atoms with Crippen molar-refractivity contribution in [2.75, 3.05) is 13.2 Å².